The first-order valence-corrected chi connectivity index (χ1v) is 5.68. The molecule has 0 bridgehead atoms. The lowest BCUT2D eigenvalue weighted by molar-refractivity contribution is 0.104. The standard InChI is InChI=1S/C13H10O2S/c14-11-5-3-10(4-6-11)13(15)8-7-12-2-1-9-16-12/h1-9,14H/b8-7-. The predicted octanol–water partition coefficient (Wildman–Crippen LogP) is 3.35. The highest BCUT2D eigenvalue weighted by atomic mass is 32.1. The summed E-state index contributed by atoms with van der Waals surface area (Å²) in [5, 5.41) is 11.1. The quantitative estimate of drug-likeness (QED) is 0.648. The van der Waals surface area contributed by atoms with Gasteiger partial charge in [-0.1, -0.05) is 6.07 Å². The molecule has 1 heterocycles. The summed E-state index contributed by atoms with van der Waals surface area (Å²) in [6.07, 6.45) is 3.33. The lowest BCUT2D eigenvalue weighted by Crippen LogP contribution is -1.92. The second-order valence-corrected chi connectivity index (χ2v) is 4.24. The van der Waals surface area contributed by atoms with Crippen molar-refractivity contribution in [3.63, 3.8) is 0 Å². The van der Waals surface area contributed by atoms with Crippen LogP contribution in [-0.4, -0.2) is 10.9 Å². The lowest BCUT2D eigenvalue weighted by Gasteiger charge is -1.95. The van der Waals surface area contributed by atoms with Crippen LogP contribution in [0.4, 0.5) is 0 Å². The molecule has 0 amide bonds. The van der Waals surface area contributed by atoms with Crippen molar-refractivity contribution in [3.05, 3.63) is 58.3 Å². The van der Waals surface area contributed by atoms with Crippen LogP contribution < -0.4 is 0 Å². The van der Waals surface area contributed by atoms with Crippen molar-refractivity contribution in [2.45, 2.75) is 0 Å². The Hall–Kier alpha value is -1.87. The molecule has 2 rings (SSSR count). The largest absolute Gasteiger partial charge is 0.508 e. The maximum atomic E-state index is 11.7. The molecule has 2 nitrogen and oxygen atoms in total. The van der Waals surface area contributed by atoms with Crippen molar-refractivity contribution in [2.75, 3.05) is 0 Å². The molecule has 1 N–H and O–H groups in total. The Morgan fingerprint density at radius 2 is 1.94 bits per heavy atom. The van der Waals surface area contributed by atoms with E-state index in [-0.39, 0.29) is 11.5 Å². The summed E-state index contributed by atoms with van der Waals surface area (Å²) >= 11 is 1.58. The van der Waals surface area contributed by atoms with E-state index < -0.39 is 0 Å². The smallest absolute Gasteiger partial charge is 0.185 e. The van der Waals surface area contributed by atoms with Crippen LogP contribution in [-0.2, 0) is 0 Å². The number of carbonyl (C=O) groups excluding carboxylic acids is 1. The van der Waals surface area contributed by atoms with Crippen LogP contribution in [0, 0.1) is 0 Å². The molecule has 0 aliphatic heterocycles. The second-order valence-electron chi connectivity index (χ2n) is 3.26. The normalized spacial score (nSPS) is 10.8. The van der Waals surface area contributed by atoms with Crippen molar-refractivity contribution in [1.29, 1.82) is 0 Å². The van der Waals surface area contributed by atoms with E-state index in [1.165, 1.54) is 18.2 Å². The van der Waals surface area contributed by atoms with Crippen LogP contribution in [0.1, 0.15) is 15.2 Å². The van der Waals surface area contributed by atoms with E-state index in [1.54, 1.807) is 29.5 Å². The van der Waals surface area contributed by atoms with Crippen LogP contribution in [0.25, 0.3) is 6.08 Å². The minimum absolute atomic E-state index is 0.0617. The van der Waals surface area contributed by atoms with E-state index in [4.69, 9.17) is 5.11 Å². The van der Waals surface area contributed by atoms with Gasteiger partial charge in [0.2, 0.25) is 0 Å². The summed E-state index contributed by atoms with van der Waals surface area (Å²) < 4.78 is 0. The molecular formula is C13H10O2S. The van der Waals surface area contributed by atoms with Crippen molar-refractivity contribution in [3.8, 4) is 5.75 Å². The molecule has 0 spiro atoms. The molecule has 16 heavy (non-hydrogen) atoms. The number of carbonyl (C=O) groups is 1. The number of phenols is 1. The Morgan fingerprint density at radius 1 is 1.19 bits per heavy atom. The number of ketones is 1. The van der Waals surface area contributed by atoms with Gasteiger partial charge in [-0.2, -0.15) is 0 Å². The highest BCUT2D eigenvalue weighted by Crippen LogP contribution is 2.13. The molecule has 0 aliphatic rings. The van der Waals surface area contributed by atoms with E-state index >= 15 is 0 Å². The Labute approximate surface area is 97.5 Å². The molecule has 2 aromatic rings. The molecule has 0 atom stereocenters. The maximum absolute atomic E-state index is 11.7. The van der Waals surface area contributed by atoms with Gasteiger partial charge in [0.15, 0.2) is 5.78 Å². The van der Waals surface area contributed by atoms with E-state index in [0.29, 0.717) is 5.56 Å². The molecule has 3 heteroatoms. The third-order valence-electron chi connectivity index (χ3n) is 2.09. The average Bonchev–Trinajstić information content (AvgIpc) is 2.80. The molecule has 80 valence electrons. The van der Waals surface area contributed by atoms with E-state index in [0.717, 1.165) is 4.88 Å². The fourth-order valence-electron chi connectivity index (χ4n) is 1.27. The zero-order valence-electron chi connectivity index (χ0n) is 8.46. The highest BCUT2D eigenvalue weighted by molar-refractivity contribution is 7.10. The van der Waals surface area contributed by atoms with Crippen LogP contribution in [0.2, 0.25) is 0 Å². The van der Waals surface area contributed by atoms with Crippen LogP contribution >= 0.6 is 11.3 Å². The van der Waals surface area contributed by atoms with Crippen LogP contribution in [0.5, 0.6) is 5.75 Å². The average molecular weight is 230 g/mol. The number of rotatable bonds is 3. The number of aromatic hydroxyl groups is 1. The van der Waals surface area contributed by atoms with Crippen LogP contribution in [0.15, 0.2) is 47.9 Å². The fourth-order valence-corrected chi connectivity index (χ4v) is 1.88. The van der Waals surface area contributed by atoms with Gasteiger partial charge in [-0.25, -0.2) is 0 Å². The third-order valence-corrected chi connectivity index (χ3v) is 2.93. The van der Waals surface area contributed by atoms with E-state index in [1.807, 2.05) is 17.5 Å². The number of thiophene rings is 1. The summed E-state index contributed by atoms with van der Waals surface area (Å²) in [7, 11) is 0. The molecule has 0 saturated carbocycles. The third kappa shape index (κ3) is 2.58. The highest BCUT2D eigenvalue weighted by Gasteiger charge is 2.00. The van der Waals surface area contributed by atoms with Gasteiger partial charge < -0.3 is 5.11 Å². The number of hydrogen-bond donors (Lipinski definition) is 1. The topological polar surface area (TPSA) is 37.3 Å². The number of allylic oxidation sites excluding steroid dienone is 1. The second kappa shape index (κ2) is 4.77. The fraction of sp³-hybridized carbons (Fsp3) is 0. The monoisotopic (exact) mass is 230 g/mol. The molecule has 0 fully saturated rings. The van der Waals surface area contributed by atoms with Gasteiger partial charge in [-0.05, 0) is 47.9 Å². The van der Waals surface area contributed by atoms with E-state index in [9.17, 15) is 4.79 Å². The first kappa shape index (κ1) is 10.6. The number of hydrogen-bond acceptors (Lipinski definition) is 3. The van der Waals surface area contributed by atoms with Gasteiger partial charge in [0.05, 0.1) is 0 Å². The first-order valence-electron chi connectivity index (χ1n) is 4.80. The SMILES string of the molecule is O=C(/C=C\c1cccs1)c1ccc(O)cc1. The predicted molar refractivity (Wildman–Crippen MR) is 65.8 cm³/mol. The van der Waals surface area contributed by atoms with Gasteiger partial charge in [-0.3, -0.25) is 4.79 Å². The summed E-state index contributed by atoms with van der Waals surface area (Å²) in [6.45, 7) is 0. The molecule has 1 aromatic heterocycles. The maximum Gasteiger partial charge on any atom is 0.185 e. The minimum Gasteiger partial charge on any atom is -0.508 e. The Kier molecular flexibility index (Phi) is 3.17. The molecule has 0 unspecified atom stereocenters. The zero-order valence-corrected chi connectivity index (χ0v) is 9.28. The van der Waals surface area contributed by atoms with Gasteiger partial charge >= 0.3 is 0 Å². The van der Waals surface area contributed by atoms with Crippen molar-refractivity contribution in [2.24, 2.45) is 0 Å². The van der Waals surface area contributed by atoms with Gasteiger partial charge in [0.1, 0.15) is 5.75 Å². The Balaban J connectivity index is 2.11. The van der Waals surface area contributed by atoms with Gasteiger partial charge in [0, 0.05) is 10.4 Å². The Bertz CT molecular complexity index is 495. The molecule has 1 aromatic carbocycles. The minimum atomic E-state index is -0.0617. The lowest BCUT2D eigenvalue weighted by atomic mass is 10.1. The number of benzene rings is 1. The van der Waals surface area contributed by atoms with Crippen molar-refractivity contribution >= 4 is 23.2 Å². The molecule has 0 saturated heterocycles. The zero-order chi connectivity index (χ0) is 11.4. The van der Waals surface area contributed by atoms with Crippen molar-refractivity contribution < 1.29 is 9.90 Å². The molecule has 0 aliphatic carbocycles. The Morgan fingerprint density at radius 3 is 2.56 bits per heavy atom. The van der Waals surface area contributed by atoms with Gasteiger partial charge in [-0.15, -0.1) is 11.3 Å². The molecule has 0 radical (unpaired) electrons. The summed E-state index contributed by atoms with van der Waals surface area (Å²) in [6, 6.07) is 10.1. The summed E-state index contributed by atoms with van der Waals surface area (Å²) in [5.74, 6) is 0.104. The van der Waals surface area contributed by atoms with Crippen LogP contribution in [0.3, 0.4) is 0 Å². The molecular weight excluding hydrogens is 220 g/mol. The van der Waals surface area contributed by atoms with Gasteiger partial charge in [0.25, 0.3) is 0 Å². The number of phenolic OH excluding ortho intramolecular Hbond substituents is 1. The summed E-state index contributed by atoms with van der Waals surface area (Å²) in [4.78, 5) is 12.7. The summed E-state index contributed by atoms with van der Waals surface area (Å²) in [5.41, 5.74) is 0.575. The first-order chi connectivity index (χ1) is 7.75. The van der Waals surface area contributed by atoms with Crippen molar-refractivity contribution in [1.82, 2.24) is 0 Å². The van der Waals surface area contributed by atoms with E-state index in [2.05, 4.69) is 0 Å².